The van der Waals surface area contributed by atoms with Gasteiger partial charge < -0.3 is 10.0 Å². The third kappa shape index (κ3) is 4.49. The molecule has 0 bridgehead atoms. The van der Waals surface area contributed by atoms with Crippen molar-refractivity contribution in [1.82, 2.24) is 0 Å². The number of aliphatic hydroxyl groups excluding tert-OH is 1. The van der Waals surface area contributed by atoms with Gasteiger partial charge in [-0.05, 0) is 24.6 Å². The highest BCUT2D eigenvalue weighted by atomic mass is 19.4. The van der Waals surface area contributed by atoms with Crippen LogP contribution in [0.25, 0.3) is 0 Å². The molecule has 0 aromatic heterocycles. The molecule has 118 valence electrons. The topological polar surface area (TPSA) is 23.5 Å². The maximum Gasteiger partial charge on any atom is 0.416 e. The first-order valence-electron chi connectivity index (χ1n) is 6.96. The molecule has 0 aliphatic heterocycles. The van der Waals surface area contributed by atoms with Crippen LogP contribution < -0.4 is 4.90 Å². The van der Waals surface area contributed by atoms with Gasteiger partial charge in [0.05, 0.1) is 6.54 Å². The number of anilines is 1. The summed E-state index contributed by atoms with van der Waals surface area (Å²) in [4.78, 5) is 1.53. The number of benzene rings is 2. The molecule has 0 radical (unpaired) electrons. The zero-order chi connectivity index (χ0) is 16.2. The van der Waals surface area contributed by atoms with E-state index in [-0.39, 0.29) is 0 Å². The quantitative estimate of drug-likeness (QED) is 0.905. The van der Waals surface area contributed by atoms with Crippen molar-refractivity contribution >= 4 is 5.69 Å². The first kappa shape index (κ1) is 16.4. The van der Waals surface area contributed by atoms with E-state index in [9.17, 15) is 18.3 Å². The smallest absolute Gasteiger partial charge is 0.382 e. The molecule has 0 spiro atoms. The summed E-state index contributed by atoms with van der Waals surface area (Å²) < 4.78 is 38.0. The standard InChI is InChI=1S/C17H18F3NO/c1-13-7-9-15(10-8-13)21(12-16(22)17(18,19)20)11-14-5-3-2-4-6-14/h2-10,16,22H,11-12H2,1H3. The van der Waals surface area contributed by atoms with Crippen LogP contribution in [-0.4, -0.2) is 23.9 Å². The highest BCUT2D eigenvalue weighted by molar-refractivity contribution is 5.48. The van der Waals surface area contributed by atoms with Crippen LogP contribution in [-0.2, 0) is 6.54 Å². The Morgan fingerprint density at radius 1 is 1.00 bits per heavy atom. The molecular formula is C17H18F3NO. The fraction of sp³-hybridized carbons (Fsp3) is 0.294. The van der Waals surface area contributed by atoms with Crippen molar-refractivity contribution in [2.24, 2.45) is 0 Å². The lowest BCUT2D eigenvalue weighted by Gasteiger charge is -2.28. The first-order chi connectivity index (χ1) is 10.4. The van der Waals surface area contributed by atoms with Gasteiger partial charge in [0.15, 0.2) is 6.10 Å². The largest absolute Gasteiger partial charge is 0.416 e. The second-order valence-electron chi connectivity index (χ2n) is 5.26. The Hall–Kier alpha value is -2.01. The molecule has 1 unspecified atom stereocenters. The van der Waals surface area contributed by atoms with Crippen LogP contribution in [0.15, 0.2) is 54.6 Å². The second-order valence-corrected chi connectivity index (χ2v) is 5.26. The molecule has 0 fully saturated rings. The molecule has 2 rings (SSSR count). The molecule has 0 saturated heterocycles. The van der Waals surface area contributed by atoms with E-state index in [1.807, 2.05) is 49.4 Å². The van der Waals surface area contributed by atoms with Crippen LogP contribution in [0.3, 0.4) is 0 Å². The Morgan fingerprint density at radius 3 is 2.14 bits per heavy atom. The number of rotatable bonds is 5. The van der Waals surface area contributed by atoms with E-state index in [1.54, 1.807) is 12.1 Å². The van der Waals surface area contributed by atoms with Crippen molar-refractivity contribution in [2.75, 3.05) is 11.4 Å². The lowest BCUT2D eigenvalue weighted by molar-refractivity contribution is -0.200. The fourth-order valence-corrected chi connectivity index (χ4v) is 2.13. The van der Waals surface area contributed by atoms with Crippen molar-refractivity contribution in [3.8, 4) is 0 Å². The van der Waals surface area contributed by atoms with Crippen LogP contribution in [0.5, 0.6) is 0 Å². The maximum atomic E-state index is 12.7. The minimum atomic E-state index is -4.63. The number of hydrogen-bond acceptors (Lipinski definition) is 2. The van der Waals surface area contributed by atoms with Crippen molar-refractivity contribution in [3.63, 3.8) is 0 Å². The van der Waals surface area contributed by atoms with Gasteiger partial charge in [-0.15, -0.1) is 0 Å². The number of alkyl halides is 3. The Bertz CT molecular complexity index is 581. The van der Waals surface area contributed by atoms with Gasteiger partial charge in [-0.2, -0.15) is 13.2 Å². The summed E-state index contributed by atoms with van der Waals surface area (Å²) >= 11 is 0. The molecular weight excluding hydrogens is 291 g/mol. The molecule has 0 saturated carbocycles. The summed E-state index contributed by atoms with van der Waals surface area (Å²) in [5.74, 6) is 0. The van der Waals surface area contributed by atoms with E-state index in [1.165, 1.54) is 4.90 Å². The van der Waals surface area contributed by atoms with Gasteiger partial charge in [-0.3, -0.25) is 0 Å². The summed E-state index contributed by atoms with van der Waals surface area (Å²) in [6.07, 6.45) is -7.00. The van der Waals surface area contributed by atoms with Crippen molar-refractivity contribution < 1.29 is 18.3 Å². The Balaban J connectivity index is 2.22. The number of hydrogen-bond donors (Lipinski definition) is 1. The number of nitrogens with zero attached hydrogens (tertiary/aromatic N) is 1. The zero-order valence-electron chi connectivity index (χ0n) is 12.2. The van der Waals surface area contributed by atoms with E-state index < -0.39 is 18.8 Å². The number of halogens is 3. The van der Waals surface area contributed by atoms with Gasteiger partial charge in [-0.25, -0.2) is 0 Å². The van der Waals surface area contributed by atoms with Gasteiger partial charge in [0, 0.05) is 12.2 Å². The van der Waals surface area contributed by atoms with E-state index in [2.05, 4.69) is 0 Å². The average molecular weight is 309 g/mol. The predicted molar refractivity (Wildman–Crippen MR) is 80.7 cm³/mol. The van der Waals surface area contributed by atoms with Crippen LogP contribution in [0, 0.1) is 6.92 Å². The van der Waals surface area contributed by atoms with Crippen molar-refractivity contribution in [1.29, 1.82) is 0 Å². The van der Waals surface area contributed by atoms with Gasteiger partial charge in [0.2, 0.25) is 0 Å². The lowest BCUT2D eigenvalue weighted by atomic mass is 10.1. The van der Waals surface area contributed by atoms with Gasteiger partial charge in [0.25, 0.3) is 0 Å². The third-order valence-corrected chi connectivity index (χ3v) is 3.39. The van der Waals surface area contributed by atoms with Crippen LogP contribution >= 0.6 is 0 Å². The minimum absolute atomic E-state index is 0.303. The lowest BCUT2D eigenvalue weighted by Crippen LogP contribution is -2.40. The molecule has 0 aliphatic rings. The average Bonchev–Trinajstić information content (AvgIpc) is 2.47. The summed E-state index contributed by atoms with van der Waals surface area (Å²) in [6, 6.07) is 16.4. The summed E-state index contributed by atoms with van der Waals surface area (Å²) in [6.45, 7) is 1.72. The summed E-state index contributed by atoms with van der Waals surface area (Å²) in [5, 5.41) is 9.38. The monoisotopic (exact) mass is 309 g/mol. The fourth-order valence-electron chi connectivity index (χ4n) is 2.13. The second kappa shape index (κ2) is 6.83. The van der Waals surface area contributed by atoms with Crippen molar-refractivity contribution in [2.45, 2.75) is 25.7 Å². The Kier molecular flexibility index (Phi) is 5.08. The normalized spacial score (nSPS) is 13.0. The zero-order valence-corrected chi connectivity index (χ0v) is 12.2. The third-order valence-electron chi connectivity index (χ3n) is 3.39. The number of aliphatic hydroxyl groups is 1. The summed E-state index contributed by atoms with van der Waals surface area (Å²) in [7, 11) is 0. The van der Waals surface area contributed by atoms with Crippen LogP contribution in [0.4, 0.5) is 18.9 Å². The molecule has 0 heterocycles. The van der Waals surface area contributed by atoms with Gasteiger partial charge in [0.1, 0.15) is 0 Å². The Labute approximate surface area is 127 Å². The molecule has 0 amide bonds. The molecule has 1 atom stereocenters. The van der Waals surface area contributed by atoms with Crippen LogP contribution in [0.1, 0.15) is 11.1 Å². The molecule has 2 aromatic carbocycles. The van der Waals surface area contributed by atoms with E-state index in [4.69, 9.17) is 0 Å². The van der Waals surface area contributed by atoms with Gasteiger partial charge >= 0.3 is 6.18 Å². The molecule has 0 aliphatic carbocycles. The van der Waals surface area contributed by atoms with Crippen molar-refractivity contribution in [3.05, 3.63) is 65.7 Å². The van der Waals surface area contributed by atoms with E-state index in [0.717, 1.165) is 11.1 Å². The highest BCUT2D eigenvalue weighted by Gasteiger charge is 2.39. The van der Waals surface area contributed by atoms with E-state index in [0.29, 0.717) is 12.2 Å². The number of aryl methyl sites for hydroxylation is 1. The highest BCUT2D eigenvalue weighted by Crippen LogP contribution is 2.24. The van der Waals surface area contributed by atoms with Gasteiger partial charge in [-0.1, -0.05) is 48.0 Å². The van der Waals surface area contributed by atoms with E-state index >= 15 is 0 Å². The SMILES string of the molecule is Cc1ccc(N(Cc2ccccc2)CC(O)C(F)(F)F)cc1. The minimum Gasteiger partial charge on any atom is -0.382 e. The Morgan fingerprint density at radius 2 is 1.59 bits per heavy atom. The van der Waals surface area contributed by atoms with Crippen LogP contribution in [0.2, 0.25) is 0 Å². The summed E-state index contributed by atoms with van der Waals surface area (Å²) in [5.41, 5.74) is 2.56. The molecule has 2 nitrogen and oxygen atoms in total. The molecule has 22 heavy (non-hydrogen) atoms. The molecule has 5 heteroatoms. The predicted octanol–water partition coefficient (Wildman–Crippen LogP) is 3.92. The molecule has 1 N–H and O–H groups in total. The first-order valence-corrected chi connectivity index (χ1v) is 6.96. The molecule has 2 aromatic rings. The maximum absolute atomic E-state index is 12.7.